The number of Topliss-reactive ketones (excluding diaryl/α,β-unsaturated/α-hetero) is 1. The summed E-state index contributed by atoms with van der Waals surface area (Å²) in [6, 6.07) is 7.60. The molecule has 1 aliphatic carbocycles. The number of benzene rings is 1. The number of hydrogen-bond donors (Lipinski definition) is 0. The van der Waals surface area contributed by atoms with Crippen molar-refractivity contribution in [1.82, 2.24) is 9.97 Å². The lowest BCUT2D eigenvalue weighted by atomic mass is 9.96. The van der Waals surface area contributed by atoms with Crippen LogP contribution >= 0.6 is 0 Å². The molecule has 4 heteroatoms. The van der Waals surface area contributed by atoms with Crippen molar-refractivity contribution in [3.05, 3.63) is 41.7 Å². The van der Waals surface area contributed by atoms with Crippen molar-refractivity contribution < 1.29 is 9.53 Å². The first kappa shape index (κ1) is 11.8. The number of carbonyl (C=O) groups excluding carboxylic acids is 1. The van der Waals surface area contributed by atoms with E-state index in [1.54, 1.807) is 13.3 Å². The number of fused-ring (bicyclic) bond motifs is 1. The van der Waals surface area contributed by atoms with Crippen LogP contribution in [0.4, 0.5) is 0 Å². The Balaban J connectivity index is 1.99. The lowest BCUT2D eigenvalue weighted by Crippen LogP contribution is -2.13. The number of aryl methyl sites for hydroxylation is 1. The molecule has 0 radical (unpaired) electrons. The Morgan fingerprint density at radius 1 is 1.16 bits per heavy atom. The van der Waals surface area contributed by atoms with Crippen molar-refractivity contribution >= 4 is 5.78 Å². The number of ketones is 1. The summed E-state index contributed by atoms with van der Waals surface area (Å²) >= 11 is 0. The third-order valence-electron chi connectivity index (χ3n) is 3.33. The first-order valence-electron chi connectivity index (χ1n) is 6.31. The summed E-state index contributed by atoms with van der Waals surface area (Å²) in [6.45, 7) is 0. The standard InChI is InChI=1S/C15H14N2O2/c1-19-11-7-5-10(6-8-11)15-16-9-12-13(17-15)3-2-4-14(12)18/h5-9H,2-4H2,1H3. The van der Waals surface area contributed by atoms with Gasteiger partial charge in [-0.05, 0) is 37.1 Å². The number of methoxy groups -OCH3 is 1. The van der Waals surface area contributed by atoms with Crippen LogP contribution in [0.1, 0.15) is 28.9 Å². The minimum atomic E-state index is 0.155. The summed E-state index contributed by atoms with van der Waals surface area (Å²) in [5.74, 6) is 1.62. The molecular weight excluding hydrogens is 240 g/mol. The molecule has 1 heterocycles. The van der Waals surface area contributed by atoms with E-state index in [2.05, 4.69) is 9.97 Å². The second-order valence-electron chi connectivity index (χ2n) is 4.56. The van der Waals surface area contributed by atoms with E-state index in [-0.39, 0.29) is 5.78 Å². The number of rotatable bonds is 2. The quantitative estimate of drug-likeness (QED) is 0.826. The van der Waals surface area contributed by atoms with Crippen LogP contribution in [0.2, 0.25) is 0 Å². The zero-order valence-corrected chi connectivity index (χ0v) is 10.7. The molecule has 0 unspecified atom stereocenters. The number of carbonyl (C=O) groups is 1. The van der Waals surface area contributed by atoms with Crippen LogP contribution in [-0.4, -0.2) is 22.9 Å². The van der Waals surface area contributed by atoms with Crippen LogP contribution in [0.3, 0.4) is 0 Å². The molecule has 0 amide bonds. The summed E-state index contributed by atoms with van der Waals surface area (Å²) in [5.41, 5.74) is 2.49. The van der Waals surface area contributed by atoms with Gasteiger partial charge in [-0.1, -0.05) is 0 Å². The third kappa shape index (κ3) is 2.21. The second-order valence-corrected chi connectivity index (χ2v) is 4.56. The van der Waals surface area contributed by atoms with Gasteiger partial charge in [-0.3, -0.25) is 4.79 Å². The summed E-state index contributed by atoms with van der Waals surface area (Å²) in [7, 11) is 1.63. The van der Waals surface area contributed by atoms with Gasteiger partial charge in [0.15, 0.2) is 11.6 Å². The molecule has 0 saturated carbocycles. The fraction of sp³-hybridized carbons (Fsp3) is 0.267. The van der Waals surface area contributed by atoms with E-state index in [0.29, 0.717) is 17.8 Å². The average Bonchev–Trinajstić information content (AvgIpc) is 2.47. The minimum Gasteiger partial charge on any atom is -0.497 e. The second kappa shape index (κ2) is 4.80. The van der Waals surface area contributed by atoms with Crippen LogP contribution in [0, 0.1) is 0 Å². The van der Waals surface area contributed by atoms with Gasteiger partial charge in [-0.2, -0.15) is 0 Å². The van der Waals surface area contributed by atoms with Crippen LogP contribution in [-0.2, 0) is 6.42 Å². The molecule has 1 aliphatic rings. The van der Waals surface area contributed by atoms with Gasteiger partial charge in [0, 0.05) is 18.2 Å². The molecule has 96 valence electrons. The van der Waals surface area contributed by atoms with Gasteiger partial charge >= 0.3 is 0 Å². The van der Waals surface area contributed by atoms with Gasteiger partial charge in [-0.25, -0.2) is 9.97 Å². The highest BCUT2D eigenvalue weighted by Gasteiger charge is 2.19. The molecule has 0 bridgehead atoms. The van der Waals surface area contributed by atoms with Crippen LogP contribution in [0.5, 0.6) is 5.75 Å². The van der Waals surface area contributed by atoms with Crippen LogP contribution in [0.25, 0.3) is 11.4 Å². The Hall–Kier alpha value is -2.23. The lowest BCUT2D eigenvalue weighted by Gasteiger charge is -2.13. The zero-order chi connectivity index (χ0) is 13.2. The minimum absolute atomic E-state index is 0.155. The SMILES string of the molecule is COc1ccc(-c2ncc3c(n2)CCCC3=O)cc1. The van der Waals surface area contributed by atoms with E-state index >= 15 is 0 Å². The maximum absolute atomic E-state index is 11.7. The van der Waals surface area contributed by atoms with Crippen LogP contribution in [0.15, 0.2) is 30.5 Å². The van der Waals surface area contributed by atoms with Gasteiger partial charge in [0.25, 0.3) is 0 Å². The van der Waals surface area contributed by atoms with Crippen molar-refractivity contribution in [3.63, 3.8) is 0 Å². The molecule has 1 aromatic heterocycles. The molecule has 0 atom stereocenters. The number of ether oxygens (including phenoxy) is 1. The van der Waals surface area contributed by atoms with E-state index < -0.39 is 0 Å². The van der Waals surface area contributed by atoms with Gasteiger partial charge in [0.2, 0.25) is 0 Å². The topological polar surface area (TPSA) is 52.1 Å². The first-order chi connectivity index (χ1) is 9.28. The van der Waals surface area contributed by atoms with Crippen LogP contribution < -0.4 is 4.74 Å². The van der Waals surface area contributed by atoms with Gasteiger partial charge < -0.3 is 4.74 Å². The average molecular weight is 254 g/mol. The number of hydrogen-bond acceptors (Lipinski definition) is 4. The van der Waals surface area contributed by atoms with Crippen molar-refractivity contribution in [2.75, 3.05) is 7.11 Å². The Bertz CT molecular complexity index is 621. The van der Waals surface area contributed by atoms with E-state index in [1.165, 1.54) is 0 Å². The van der Waals surface area contributed by atoms with Crippen molar-refractivity contribution in [3.8, 4) is 17.1 Å². The molecule has 4 nitrogen and oxygen atoms in total. The molecular formula is C15H14N2O2. The van der Waals surface area contributed by atoms with E-state index in [1.807, 2.05) is 24.3 Å². The normalized spacial score (nSPS) is 14.1. The summed E-state index contributed by atoms with van der Waals surface area (Å²) in [5, 5.41) is 0. The van der Waals surface area contributed by atoms with E-state index in [0.717, 1.165) is 29.8 Å². The fourth-order valence-corrected chi connectivity index (χ4v) is 2.27. The maximum atomic E-state index is 11.7. The Morgan fingerprint density at radius 3 is 2.68 bits per heavy atom. The Labute approximate surface area is 111 Å². The van der Waals surface area contributed by atoms with Crippen molar-refractivity contribution in [2.45, 2.75) is 19.3 Å². The Kier molecular flexibility index (Phi) is 2.99. The molecule has 1 aromatic carbocycles. The third-order valence-corrected chi connectivity index (χ3v) is 3.33. The highest BCUT2D eigenvalue weighted by molar-refractivity contribution is 5.97. The predicted octanol–water partition coefficient (Wildman–Crippen LogP) is 2.67. The van der Waals surface area contributed by atoms with Gasteiger partial charge in [-0.15, -0.1) is 0 Å². The van der Waals surface area contributed by atoms with E-state index in [4.69, 9.17) is 4.74 Å². The van der Waals surface area contributed by atoms with E-state index in [9.17, 15) is 4.79 Å². The lowest BCUT2D eigenvalue weighted by molar-refractivity contribution is 0.0971. The molecule has 0 aliphatic heterocycles. The summed E-state index contributed by atoms with van der Waals surface area (Å²) in [4.78, 5) is 20.5. The maximum Gasteiger partial charge on any atom is 0.166 e. The summed E-state index contributed by atoms with van der Waals surface area (Å²) < 4.78 is 5.12. The first-order valence-corrected chi connectivity index (χ1v) is 6.31. The number of nitrogens with zero attached hydrogens (tertiary/aromatic N) is 2. The molecule has 3 rings (SSSR count). The molecule has 0 spiro atoms. The smallest absolute Gasteiger partial charge is 0.166 e. The summed E-state index contributed by atoms with van der Waals surface area (Å²) in [6.07, 6.45) is 4.00. The molecule has 2 aromatic rings. The van der Waals surface area contributed by atoms with Crippen molar-refractivity contribution in [2.24, 2.45) is 0 Å². The molecule has 0 fully saturated rings. The number of aromatic nitrogens is 2. The Morgan fingerprint density at radius 2 is 1.95 bits per heavy atom. The van der Waals surface area contributed by atoms with Gasteiger partial charge in [0.05, 0.1) is 18.4 Å². The highest BCUT2D eigenvalue weighted by Crippen LogP contribution is 2.23. The van der Waals surface area contributed by atoms with Gasteiger partial charge in [0.1, 0.15) is 5.75 Å². The fourth-order valence-electron chi connectivity index (χ4n) is 2.27. The highest BCUT2D eigenvalue weighted by atomic mass is 16.5. The molecule has 0 N–H and O–H groups in total. The molecule has 19 heavy (non-hydrogen) atoms. The van der Waals surface area contributed by atoms with Crippen molar-refractivity contribution in [1.29, 1.82) is 0 Å². The monoisotopic (exact) mass is 254 g/mol. The molecule has 0 saturated heterocycles. The largest absolute Gasteiger partial charge is 0.497 e. The zero-order valence-electron chi connectivity index (χ0n) is 10.7. The predicted molar refractivity (Wildman–Crippen MR) is 71.3 cm³/mol.